The number of hydrogen-bond donors (Lipinski definition) is 0. The minimum absolute atomic E-state index is 0.00993. The van der Waals surface area contributed by atoms with Gasteiger partial charge in [-0.2, -0.15) is 0 Å². The second kappa shape index (κ2) is 2.23. The Balaban J connectivity index is 1.98. The first-order valence-electron chi connectivity index (χ1n) is 4.47. The SMILES string of the molecule is CCOC(=O)C12CCC1CC2. The fourth-order valence-corrected chi connectivity index (χ4v) is 2.31. The summed E-state index contributed by atoms with van der Waals surface area (Å²) in [6.07, 6.45) is 4.66. The van der Waals surface area contributed by atoms with Crippen LogP contribution in [-0.4, -0.2) is 12.6 Å². The molecule has 0 unspecified atom stereocenters. The van der Waals surface area contributed by atoms with Gasteiger partial charge in [0, 0.05) is 0 Å². The molecule has 2 aliphatic rings. The van der Waals surface area contributed by atoms with Crippen LogP contribution in [-0.2, 0) is 9.53 Å². The van der Waals surface area contributed by atoms with Gasteiger partial charge >= 0.3 is 5.97 Å². The summed E-state index contributed by atoms with van der Waals surface area (Å²) in [5.74, 6) is 0.754. The average Bonchev–Trinajstić information content (AvgIpc) is 1.96. The summed E-state index contributed by atoms with van der Waals surface area (Å²) in [6.45, 7) is 2.41. The molecule has 62 valence electrons. The van der Waals surface area contributed by atoms with Crippen LogP contribution < -0.4 is 0 Å². The number of ether oxygens (including phenoxy) is 1. The van der Waals surface area contributed by atoms with Crippen LogP contribution in [0.25, 0.3) is 0 Å². The maximum absolute atomic E-state index is 11.4. The van der Waals surface area contributed by atoms with E-state index in [9.17, 15) is 4.79 Å². The molecule has 0 saturated heterocycles. The zero-order chi connectivity index (χ0) is 7.90. The number of fused-ring (bicyclic) bond motifs is 1. The van der Waals surface area contributed by atoms with E-state index >= 15 is 0 Å². The van der Waals surface area contributed by atoms with Gasteiger partial charge in [0.2, 0.25) is 0 Å². The molecule has 2 heteroatoms. The monoisotopic (exact) mass is 154 g/mol. The minimum atomic E-state index is 0.00993. The van der Waals surface area contributed by atoms with Crippen LogP contribution >= 0.6 is 0 Å². The molecule has 0 aromatic heterocycles. The van der Waals surface area contributed by atoms with E-state index in [2.05, 4.69) is 0 Å². The van der Waals surface area contributed by atoms with Crippen molar-refractivity contribution in [2.45, 2.75) is 32.6 Å². The fraction of sp³-hybridized carbons (Fsp3) is 0.889. The molecule has 0 heterocycles. The average molecular weight is 154 g/mol. The van der Waals surface area contributed by atoms with Crippen LogP contribution in [0.4, 0.5) is 0 Å². The second-order valence-corrected chi connectivity index (χ2v) is 3.65. The van der Waals surface area contributed by atoms with Crippen molar-refractivity contribution >= 4 is 5.97 Å². The lowest BCUT2D eigenvalue weighted by atomic mass is 9.48. The summed E-state index contributed by atoms with van der Waals surface area (Å²) in [5.41, 5.74) is 0.00993. The quantitative estimate of drug-likeness (QED) is 0.566. The minimum Gasteiger partial charge on any atom is -0.466 e. The molecule has 11 heavy (non-hydrogen) atoms. The van der Waals surface area contributed by atoms with Crippen LogP contribution in [0.2, 0.25) is 0 Å². The molecule has 2 aliphatic carbocycles. The smallest absolute Gasteiger partial charge is 0.312 e. The summed E-state index contributed by atoms with van der Waals surface area (Å²) in [7, 11) is 0. The van der Waals surface area contributed by atoms with E-state index in [4.69, 9.17) is 4.74 Å². The molecule has 0 bridgehead atoms. The third-order valence-electron chi connectivity index (χ3n) is 3.34. The van der Waals surface area contributed by atoms with E-state index < -0.39 is 0 Å². The van der Waals surface area contributed by atoms with Gasteiger partial charge in [-0.05, 0) is 38.5 Å². The lowest BCUT2D eigenvalue weighted by Gasteiger charge is -2.55. The molecule has 2 fully saturated rings. The molecule has 0 aliphatic heterocycles. The Labute approximate surface area is 66.9 Å². The lowest BCUT2D eigenvalue weighted by molar-refractivity contribution is -0.183. The van der Waals surface area contributed by atoms with Crippen molar-refractivity contribution in [3.63, 3.8) is 0 Å². The van der Waals surface area contributed by atoms with Gasteiger partial charge in [0.25, 0.3) is 0 Å². The van der Waals surface area contributed by atoms with Crippen molar-refractivity contribution in [2.75, 3.05) is 6.61 Å². The van der Waals surface area contributed by atoms with Crippen LogP contribution in [0.15, 0.2) is 0 Å². The third kappa shape index (κ3) is 0.754. The van der Waals surface area contributed by atoms with Crippen molar-refractivity contribution < 1.29 is 9.53 Å². The first kappa shape index (κ1) is 7.14. The number of hydrogen-bond acceptors (Lipinski definition) is 2. The Morgan fingerprint density at radius 2 is 2.18 bits per heavy atom. The molecule has 2 saturated carbocycles. The van der Waals surface area contributed by atoms with Gasteiger partial charge in [0.1, 0.15) is 0 Å². The first-order valence-corrected chi connectivity index (χ1v) is 4.47. The number of esters is 1. The Hall–Kier alpha value is -0.530. The number of rotatable bonds is 2. The van der Waals surface area contributed by atoms with Gasteiger partial charge in [0.05, 0.1) is 12.0 Å². The van der Waals surface area contributed by atoms with Gasteiger partial charge in [-0.15, -0.1) is 0 Å². The fourth-order valence-electron chi connectivity index (χ4n) is 2.31. The molecule has 0 N–H and O–H groups in total. The van der Waals surface area contributed by atoms with Crippen LogP contribution in [0, 0.1) is 11.3 Å². The predicted octanol–water partition coefficient (Wildman–Crippen LogP) is 1.74. The second-order valence-electron chi connectivity index (χ2n) is 3.65. The highest BCUT2D eigenvalue weighted by atomic mass is 16.5. The number of carbonyl (C=O) groups excluding carboxylic acids is 1. The molecule has 0 radical (unpaired) electrons. The highest BCUT2D eigenvalue weighted by molar-refractivity contribution is 5.79. The highest BCUT2D eigenvalue weighted by Gasteiger charge is 2.59. The van der Waals surface area contributed by atoms with Crippen LogP contribution in [0.5, 0.6) is 0 Å². The van der Waals surface area contributed by atoms with E-state index in [0.29, 0.717) is 12.5 Å². The topological polar surface area (TPSA) is 26.3 Å². The highest BCUT2D eigenvalue weighted by Crippen LogP contribution is 2.61. The molecule has 2 rings (SSSR count). The molecular weight excluding hydrogens is 140 g/mol. The van der Waals surface area contributed by atoms with E-state index in [1.54, 1.807) is 0 Å². The zero-order valence-corrected chi connectivity index (χ0v) is 6.93. The van der Waals surface area contributed by atoms with Crippen molar-refractivity contribution in [1.82, 2.24) is 0 Å². The van der Waals surface area contributed by atoms with Gasteiger partial charge in [-0.3, -0.25) is 4.79 Å². The molecule has 0 spiro atoms. The Morgan fingerprint density at radius 3 is 2.45 bits per heavy atom. The van der Waals surface area contributed by atoms with E-state index in [1.807, 2.05) is 6.92 Å². The predicted molar refractivity (Wildman–Crippen MR) is 41.0 cm³/mol. The summed E-state index contributed by atoms with van der Waals surface area (Å²) in [4.78, 5) is 11.4. The van der Waals surface area contributed by atoms with Gasteiger partial charge in [-0.1, -0.05) is 0 Å². The third-order valence-corrected chi connectivity index (χ3v) is 3.34. The van der Waals surface area contributed by atoms with E-state index in [-0.39, 0.29) is 11.4 Å². The summed E-state index contributed by atoms with van der Waals surface area (Å²) in [5, 5.41) is 0. The van der Waals surface area contributed by atoms with Crippen molar-refractivity contribution in [3.8, 4) is 0 Å². The first-order chi connectivity index (χ1) is 5.29. The van der Waals surface area contributed by atoms with E-state index in [0.717, 1.165) is 12.8 Å². The van der Waals surface area contributed by atoms with Gasteiger partial charge in [0.15, 0.2) is 0 Å². The molecule has 0 aromatic carbocycles. The van der Waals surface area contributed by atoms with Crippen molar-refractivity contribution in [2.24, 2.45) is 11.3 Å². The molecule has 2 nitrogen and oxygen atoms in total. The normalized spacial score (nSPS) is 39.9. The maximum Gasteiger partial charge on any atom is 0.312 e. The number of carbonyl (C=O) groups is 1. The Kier molecular flexibility index (Phi) is 1.44. The summed E-state index contributed by atoms with van der Waals surface area (Å²) < 4.78 is 5.03. The maximum atomic E-state index is 11.4. The lowest BCUT2D eigenvalue weighted by Crippen LogP contribution is -2.54. The van der Waals surface area contributed by atoms with Crippen LogP contribution in [0.1, 0.15) is 32.6 Å². The summed E-state index contributed by atoms with van der Waals surface area (Å²) >= 11 is 0. The molecular formula is C9H14O2. The van der Waals surface area contributed by atoms with Crippen molar-refractivity contribution in [1.29, 1.82) is 0 Å². The van der Waals surface area contributed by atoms with Crippen LogP contribution in [0.3, 0.4) is 0 Å². The van der Waals surface area contributed by atoms with Gasteiger partial charge in [-0.25, -0.2) is 0 Å². The molecule has 0 amide bonds. The zero-order valence-electron chi connectivity index (χ0n) is 6.93. The molecule has 0 atom stereocenters. The van der Waals surface area contributed by atoms with Gasteiger partial charge < -0.3 is 4.74 Å². The summed E-state index contributed by atoms with van der Waals surface area (Å²) in [6, 6.07) is 0. The Morgan fingerprint density at radius 1 is 1.55 bits per heavy atom. The largest absolute Gasteiger partial charge is 0.466 e. The Bertz CT molecular complexity index is 178. The van der Waals surface area contributed by atoms with E-state index in [1.165, 1.54) is 12.8 Å². The van der Waals surface area contributed by atoms with Crippen molar-refractivity contribution in [3.05, 3.63) is 0 Å². The standard InChI is InChI=1S/C9H14O2/c1-2-11-8(10)9-5-3-7(9)4-6-9/h7H,2-6H2,1H3. The molecule has 0 aromatic rings.